The van der Waals surface area contributed by atoms with Crippen LogP contribution in [0.4, 0.5) is 8.78 Å². The number of nitrogens with zero attached hydrogens (tertiary/aromatic N) is 1. The highest BCUT2D eigenvalue weighted by atomic mass is 32.2. The molecule has 0 saturated carbocycles. The van der Waals surface area contributed by atoms with Crippen LogP contribution < -0.4 is 5.32 Å². The number of hydrogen-bond acceptors (Lipinski definition) is 3. The van der Waals surface area contributed by atoms with Crippen LogP contribution >= 0.6 is 11.8 Å². The summed E-state index contributed by atoms with van der Waals surface area (Å²) in [5, 5.41) is 2.79. The number of para-hydroxylation sites is 2. The summed E-state index contributed by atoms with van der Waals surface area (Å²) in [5.41, 5.74) is 1.72. The maximum Gasteiger partial charge on any atom is 0.230 e. The molecule has 1 amide bonds. The van der Waals surface area contributed by atoms with E-state index in [1.165, 1.54) is 0 Å². The fourth-order valence-electron chi connectivity index (χ4n) is 2.26. The minimum Gasteiger partial charge on any atom is -0.346 e. The van der Waals surface area contributed by atoms with Gasteiger partial charge in [-0.1, -0.05) is 12.1 Å². The first-order valence-corrected chi connectivity index (χ1v) is 8.33. The molecule has 0 radical (unpaired) electrons. The summed E-state index contributed by atoms with van der Waals surface area (Å²) < 4.78 is 26.6. The summed E-state index contributed by atoms with van der Waals surface area (Å²) >= 11 is 0.954. The summed E-state index contributed by atoms with van der Waals surface area (Å²) in [4.78, 5) is 19.7. The third-order valence-electron chi connectivity index (χ3n) is 3.45. The lowest BCUT2D eigenvalue weighted by Gasteiger charge is -2.11. The van der Waals surface area contributed by atoms with Gasteiger partial charge >= 0.3 is 0 Å². The highest BCUT2D eigenvalue weighted by Gasteiger charge is 2.14. The summed E-state index contributed by atoms with van der Waals surface area (Å²) in [7, 11) is 0. The number of imidazole rings is 1. The molecule has 1 unspecified atom stereocenters. The minimum atomic E-state index is -0.542. The summed E-state index contributed by atoms with van der Waals surface area (Å²) in [6, 6.07) is 10.4. The molecule has 4 nitrogen and oxygen atoms in total. The third kappa shape index (κ3) is 3.73. The maximum absolute atomic E-state index is 13.5. The van der Waals surface area contributed by atoms with Gasteiger partial charge in [0.05, 0.1) is 22.8 Å². The molecule has 7 heteroatoms. The molecular formula is C17H15F2N3OS. The van der Waals surface area contributed by atoms with Gasteiger partial charge in [0.1, 0.15) is 17.5 Å². The van der Waals surface area contributed by atoms with Crippen molar-refractivity contribution in [1.29, 1.82) is 0 Å². The fraction of sp³-hybridized carbons (Fsp3) is 0.176. The Bertz CT molecular complexity index is 848. The Hall–Kier alpha value is -2.41. The summed E-state index contributed by atoms with van der Waals surface area (Å²) in [6.45, 7) is 1.81. The highest BCUT2D eigenvalue weighted by molar-refractivity contribution is 8.00. The number of carbonyl (C=O) groups is 1. The molecule has 0 fully saturated rings. The standard InChI is InChI=1S/C17H15F2N3OS/c1-10(17-21-13-4-2-3-5-14(13)22-17)20-16(23)9-24-15-8-11(18)6-7-12(15)19/h2-8,10H,9H2,1H3,(H,20,23)(H,21,22). The second kappa shape index (κ2) is 7.00. The zero-order valence-corrected chi connectivity index (χ0v) is 13.7. The second-order valence-electron chi connectivity index (χ2n) is 5.29. The molecule has 3 aromatic rings. The van der Waals surface area contributed by atoms with Gasteiger partial charge in [0.2, 0.25) is 5.91 Å². The van der Waals surface area contributed by atoms with E-state index in [-0.39, 0.29) is 22.6 Å². The molecule has 0 bridgehead atoms. The van der Waals surface area contributed by atoms with E-state index >= 15 is 0 Å². The number of aromatic amines is 1. The first kappa shape index (κ1) is 16.4. The number of halogens is 2. The van der Waals surface area contributed by atoms with Crippen molar-refractivity contribution in [3.8, 4) is 0 Å². The van der Waals surface area contributed by atoms with E-state index in [2.05, 4.69) is 15.3 Å². The number of rotatable bonds is 5. The lowest BCUT2D eigenvalue weighted by atomic mass is 10.3. The Morgan fingerprint density at radius 2 is 2.08 bits per heavy atom. The van der Waals surface area contributed by atoms with Gasteiger partial charge in [0.15, 0.2) is 0 Å². The van der Waals surface area contributed by atoms with Gasteiger partial charge < -0.3 is 10.3 Å². The van der Waals surface area contributed by atoms with Gasteiger partial charge in [-0.2, -0.15) is 0 Å². The molecule has 124 valence electrons. The molecule has 24 heavy (non-hydrogen) atoms. The van der Waals surface area contributed by atoms with Crippen molar-refractivity contribution < 1.29 is 13.6 Å². The second-order valence-corrected chi connectivity index (χ2v) is 6.31. The lowest BCUT2D eigenvalue weighted by Crippen LogP contribution is -2.28. The van der Waals surface area contributed by atoms with E-state index < -0.39 is 11.6 Å². The van der Waals surface area contributed by atoms with Crippen LogP contribution in [0.25, 0.3) is 11.0 Å². The maximum atomic E-state index is 13.5. The molecule has 0 aliphatic heterocycles. The predicted molar refractivity (Wildman–Crippen MR) is 89.7 cm³/mol. The van der Waals surface area contributed by atoms with Crippen LogP contribution in [0.3, 0.4) is 0 Å². The van der Waals surface area contributed by atoms with Crippen LogP contribution in [0.2, 0.25) is 0 Å². The van der Waals surface area contributed by atoms with E-state index in [4.69, 9.17) is 0 Å². The number of carbonyl (C=O) groups excluding carboxylic acids is 1. The Labute approximate surface area is 141 Å². The normalized spacial score (nSPS) is 12.3. The number of amides is 1. The third-order valence-corrected chi connectivity index (χ3v) is 4.48. The van der Waals surface area contributed by atoms with Gasteiger partial charge in [0, 0.05) is 4.90 Å². The van der Waals surface area contributed by atoms with Gasteiger partial charge in [-0.25, -0.2) is 13.8 Å². The molecule has 1 atom stereocenters. The number of fused-ring (bicyclic) bond motifs is 1. The Morgan fingerprint density at radius 1 is 1.29 bits per heavy atom. The Kier molecular flexibility index (Phi) is 4.80. The van der Waals surface area contributed by atoms with Crippen LogP contribution in [0.1, 0.15) is 18.8 Å². The van der Waals surface area contributed by atoms with Crippen molar-refractivity contribution in [2.45, 2.75) is 17.9 Å². The van der Waals surface area contributed by atoms with E-state index in [0.717, 1.165) is 41.0 Å². The van der Waals surface area contributed by atoms with Crippen LogP contribution in [-0.2, 0) is 4.79 Å². The Morgan fingerprint density at radius 3 is 2.88 bits per heavy atom. The van der Waals surface area contributed by atoms with Crippen molar-refractivity contribution in [2.24, 2.45) is 0 Å². The molecule has 0 saturated heterocycles. The molecule has 1 aromatic heterocycles. The fourth-order valence-corrected chi connectivity index (χ4v) is 3.03. The first-order valence-electron chi connectivity index (χ1n) is 7.35. The molecule has 2 aromatic carbocycles. The monoisotopic (exact) mass is 347 g/mol. The molecule has 0 spiro atoms. The van der Waals surface area contributed by atoms with Gasteiger partial charge in [-0.3, -0.25) is 4.79 Å². The number of thioether (sulfide) groups is 1. The van der Waals surface area contributed by atoms with Crippen molar-refractivity contribution in [3.63, 3.8) is 0 Å². The molecule has 3 rings (SSSR count). The van der Waals surface area contributed by atoms with Crippen molar-refractivity contribution in [1.82, 2.24) is 15.3 Å². The topological polar surface area (TPSA) is 57.8 Å². The minimum absolute atomic E-state index is 0.00899. The largest absolute Gasteiger partial charge is 0.346 e. The Balaban J connectivity index is 1.60. The number of H-pyrrole nitrogens is 1. The quantitative estimate of drug-likeness (QED) is 0.690. The predicted octanol–water partition coefficient (Wildman–Crippen LogP) is 3.81. The first-order chi connectivity index (χ1) is 11.5. The van der Waals surface area contributed by atoms with E-state index in [1.54, 1.807) is 0 Å². The molecule has 2 N–H and O–H groups in total. The van der Waals surface area contributed by atoms with Crippen LogP contribution in [-0.4, -0.2) is 21.6 Å². The zero-order valence-electron chi connectivity index (χ0n) is 12.8. The average molecular weight is 347 g/mol. The number of benzene rings is 2. The SMILES string of the molecule is CC(NC(=O)CSc1cc(F)ccc1F)c1nc2ccccc2[nH]1. The van der Waals surface area contributed by atoms with Gasteiger partial charge in [-0.05, 0) is 37.3 Å². The summed E-state index contributed by atoms with van der Waals surface area (Å²) in [5.74, 6) is -0.720. The number of nitrogens with one attached hydrogen (secondary N) is 2. The van der Waals surface area contributed by atoms with E-state index in [9.17, 15) is 13.6 Å². The van der Waals surface area contributed by atoms with Gasteiger partial charge in [0.25, 0.3) is 0 Å². The van der Waals surface area contributed by atoms with Crippen molar-refractivity contribution in [2.75, 3.05) is 5.75 Å². The number of hydrogen-bond donors (Lipinski definition) is 2. The van der Waals surface area contributed by atoms with Crippen LogP contribution in [0.5, 0.6) is 0 Å². The highest BCUT2D eigenvalue weighted by Crippen LogP contribution is 2.23. The van der Waals surface area contributed by atoms with E-state index in [0.29, 0.717) is 5.82 Å². The van der Waals surface area contributed by atoms with E-state index in [1.807, 2.05) is 31.2 Å². The van der Waals surface area contributed by atoms with Crippen molar-refractivity contribution >= 4 is 28.7 Å². The summed E-state index contributed by atoms with van der Waals surface area (Å²) in [6.07, 6.45) is 0. The van der Waals surface area contributed by atoms with Crippen LogP contribution in [0, 0.1) is 11.6 Å². The molecular weight excluding hydrogens is 332 g/mol. The molecule has 0 aliphatic carbocycles. The average Bonchev–Trinajstić information content (AvgIpc) is 3.00. The van der Waals surface area contributed by atoms with Gasteiger partial charge in [-0.15, -0.1) is 11.8 Å². The molecule has 1 heterocycles. The zero-order chi connectivity index (χ0) is 17.1. The smallest absolute Gasteiger partial charge is 0.230 e. The molecule has 0 aliphatic rings. The van der Waals surface area contributed by atoms with Crippen molar-refractivity contribution in [3.05, 3.63) is 59.9 Å². The van der Waals surface area contributed by atoms with Crippen LogP contribution in [0.15, 0.2) is 47.4 Å². The number of aromatic nitrogens is 2. The lowest BCUT2D eigenvalue weighted by molar-refractivity contribution is -0.119.